The molecule has 2 heterocycles. The van der Waals surface area contributed by atoms with Gasteiger partial charge in [-0.15, -0.1) is 0 Å². The van der Waals surface area contributed by atoms with Gasteiger partial charge in [-0.3, -0.25) is 9.59 Å². The van der Waals surface area contributed by atoms with Gasteiger partial charge in [0.05, 0.1) is 0 Å². The van der Waals surface area contributed by atoms with Crippen LogP contribution in [0.15, 0.2) is 59.4 Å². The maximum Gasteiger partial charge on any atom is 0.224 e. The molecule has 1 aliphatic rings. The van der Waals surface area contributed by atoms with Crippen LogP contribution >= 0.6 is 0 Å². The summed E-state index contributed by atoms with van der Waals surface area (Å²) in [5, 5.41) is 4.02. The number of fused-ring (bicyclic) bond motifs is 1. The average molecular weight is 365 g/mol. The van der Waals surface area contributed by atoms with Crippen LogP contribution in [-0.4, -0.2) is 28.4 Å². The van der Waals surface area contributed by atoms with Crippen molar-refractivity contribution in [3.8, 4) is 0 Å². The molecule has 1 saturated heterocycles. The number of rotatable bonds is 5. The molecule has 0 unspecified atom stereocenters. The summed E-state index contributed by atoms with van der Waals surface area (Å²) in [6.07, 6.45) is 0.416. The molecule has 138 valence electrons. The molecule has 0 spiro atoms. The molecule has 1 aliphatic heterocycles. The number of hydrogen-bond acceptors (Lipinski definition) is 3. The predicted octanol–water partition coefficient (Wildman–Crippen LogP) is 2.56. The lowest BCUT2D eigenvalue weighted by atomic mass is 10.2. The SMILES string of the molecule is O=C1C[C@H](NCc2cc(=O)c3ccccc3[nH]2)CN1Cc1ccc(F)cc1. The van der Waals surface area contributed by atoms with Crippen LogP contribution in [0.5, 0.6) is 0 Å². The Morgan fingerprint density at radius 1 is 1.11 bits per heavy atom. The van der Waals surface area contributed by atoms with E-state index >= 15 is 0 Å². The number of pyridine rings is 1. The summed E-state index contributed by atoms with van der Waals surface area (Å²) in [5.74, 6) is -0.209. The van der Waals surface area contributed by atoms with Crippen LogP contribution in [0, 0.1) is 5.82 Å². The van der Waals surface area contributed by atoms with Gasteiger partial charge in [-0.25, -0.2) is 4.39 Å². The highest BCUT2D eigenvalue weighted by molar-refractivity contribution is 5.79. The molecular formula is C21H20FN3O2. The van der Waals surface area contributed by atoms with Gasteiger partial charge in [0.25, 0.3) is 0 Å². The van der Waals surface area contributed by atoms with Crippen molar-refractivity contribution in [1.82, 2.24) is 15.2 Å². The molecule has 6 heteroatoms. The number of carbonyl (C=O) groups excluding carboxylic acids is 1. The molecular weight excluding hydrogens is 345 g/mol. The fraction of sp³-hybridized carbons (Fsp3) is 0.238. The molecule has 0 radical (unpaired) electrons. The fourth-order valence-electron chi connectivity index (χ4n) is 3.47. The maximum absolute atomic E-state index is 13.0. The van der Waals surface area contributed by atoms with E-state index in [9.17, 15) is 14.0 Å². The first-order valence-corrected chi connectivity index (χ1v) is 8.95. The van der Waals surface area contributed by atoms with Crippen molar-refractivity contribution in [2.24, 2.45) is 0 Å². The van der Waals surface area contributed by atoms with Gasteiger partial charge >= 0.3 is 0 Å². The number of halogens is 1. The first-order valence-electron chi connectivity index (χ1n) is 8.95. The van der Waals surface area contributed by atoms with Crippen molar-refractivity contribution in [3.05, 3.63) is 81.9 Å². The smallest absolute Gasteiger partial charge is 0.224 e. The molecule has 0 aliphatic carbocycles. The van der Waals surface area contributed by atoms with Crippen LogP contribution < -0.4 is 10.7 Å². The van der Waals surface area contributed by atoms with Crippen LogP contribution in [0.25, 0.3) is 10.9 Å². The molecule has 4 rings (SSSR count). The molecule has 0 bridgehead atoms. The normalized spacial score (nSPS) is 17.0. The van der Waals surface area contributed by atoms with Gasteiger partial charge in [0.15, 0.2) is 5.43 Å². The summed E-state index contributed by atoms with van der Waals surface area (Å²) in [6.45, 7) is 1.56. The van der Waals surface area contributed by atoms with E-state index in [0.717, 1.165) is 16.8 Å². The third-order valence-electron chi connectivity index (χ3n) is 4.88. The molecule has 2 N–H and O–H groups in total. The minimum atomic E-state index is -0.282. The third-order valence-corrected chi connectivity index (χ3v) is 4.88. The Labute approximate surface area is 155 Å². The second kappa shape index (κ2) is 7.32. The molecule has 1 amide bonds. The highest BCUT2D eigenvalue weighted by atomic mass is 19.1. The van der Waals surface area contributed by atoms with E-state index in [2.05, 4.69) is 10.3 Å². The minimum Gasteiger partial charge on any atom is -0.357 e. The summed E-state index contributed by atoms with van der Waals surface area (Å²) in [5.41, 5.74) is 2.50. The van der Waals surface area contributed by atoms with E-state index in [0.29, 0.717) is 31.4 Å². The minimum absolute atomic E-state index is 0.0124. The van der Waals surface area contributed by atoms with Gasteiger partial charge in [0, 0.05) is 54.8 Å². The predicted molar refractivity (Wildman–Crippen MR) is 102 cm³/mol. The van der Waals surface area contributed by atoms with Crippen LogP contribution in [0.2, 0.25) is 0 Å². The van der Waals surface area contributed by atoms with Crippen molar-refractivity contribution in [2.75, 3.05) is 6.54 Å². The largest absolute Gasteiger partial charge is 0.357 e. The lowest BCUT2D eigenvalue weighted by molar-refractivity contribution is -0.128. The van der Waals surface area contributed by atoms with Crippen molar-refractivity contribution in [1.29, 1.82) is 0 Å². The van der Waals surface area contributed by atoms with Gasteiger partial charge in [-0.1, -0.05) is 24.3 Å². The Kier molecular flexibility index (Phi) is 4.73. The lowest BCUT2D eigenvalue weighted by Gasteiger charge is -2.17. The summed E-state index contributed by atoms with van der Waals surface area (Å²) in [4.78, 5) is 29.5. The van der Waals surface area contributed by atoms with Crippen molar-refractivity contribution in [2.45, 2.75) is 25.6 Å². The number of carbonyl (C=O) groups is 1. The molecule has 1 fully saturated rings. The van der Waals surface area contributed by atoms with Crippen LogP contribution in [0.4, 0.5) is 4.39 Å². The number of aromatic nitrogens is 1. The summed E-state index contributed by atoms with van der Waals surface area (Å²) in [7, 11) is 0. The van der Waals surface area contributed by atoms with Crippen LogP contribution in [0.3, 0.4) is 0 Å². The second-order valence-electron chi connectivity index (χ2n) is 6.89. The fourth-order valence-corrected chi connectivity index (χ4v) is 3.47. The molecule has 0 saturated carbocycles. The van der Waals surface area contributed by atoms with E-state index in [-0.39, 0.29) is 23.2 Å². The van der Waals surface area contributed by atoms with Crippen LogP contribution in [0.1, 0.15) is 17.7 Å². The van der Waals surface area contributed by atoms with Gasteiger partial charge < -0.3 is 15.2 Å². The number of likely N-dealkylation sites (tertiary alicyclic amines) is 1. The first-order chi connectivity index (χ1) is 13.1. The monoisotopic (exact) mass is 365 g/mol. The number of nitrogens with zero attached hydrogens (tertiary/aromatic N) is 1. The highest BCUT2D eigenvalue weighted by Crippen LogP contribution is 2.16. The Morgan fingerprint density at radius 3 is 2.70 bits per heavy atom. The molecule has 3 aromatic rings. The zero-order valence-corrected chi connectivity index (χ0v) is 14.7. The zero-order chi connectivity index (χ0) is 18.8. The van der Waals surface area contributed by atoms with E-state index in [1.807, 2.05) is 18.2 Å². The van der Waals surface area contributed by atoms with Crippen molar-refractivity contribution in [3.63, 3.8) is 0 Å². The van der Waals surface area contributed by atoms with Crippen molar-refractivity contribution < 1.29 is 9.18 Å². The van der Waals surface area contributed by atoms with Gasteiger partial charge in [0.1, 0.15) is 5.82 Å². The number of para-hydroxylation sites is 1. The first kappa shape index (κ1) is 17.4. The Morgan fingerprint density at radius 2 is 1.89 bits per heavy atom. The number of aromatic amines is 1. The molecule has 1 atom stereocenters. The Bertz CT molecular complexity index is 1030. The van der Waals surface area contributed by atoms with Gasteiger partial charge in [0.2, 0.25) is 5.91 Å². The number of amides is 1. The molecule has 2 aromatic carbocycles. The molecule has 1 aromatic heterocycles. The van der Waals surface area contributed by atoms with E-state index < -0.39 is 0 Å². The standard InChI is InChI=1S/C21H20FN3O2/c22-15-7-5-14(6-8-15)12-25-13-17(10-21(25)27)23-11-16-9-20(26)18-3-1-2-4-19(18)24-16/h1-9,17,23H,10-13H2,(H,24,26)/t17-/m0/s1. The second-order valence-corrected chi connectivity index (χ2v) is 6.89. The van der Waals surface area contributed by atoms with Crippen molar-refractivity contribution >= 4 is 16.8 Å². The molecule has 5 nitrogen and oxygen atoms in total. The van der Waals surface area contributed by atoms with E-state index in [1.165, 1.54) is 12.1 Å². The molecule has 27 heavy (non-hydrogen) atoms. The Hall–Kier alpha value is -2.99. The Balaban J connectivity index is 1.39. The topological polar surface area (TPSA) is 65.2 Å². The number of benzene rings is 2. The zero-order valence-electron chi connectivity index (χ0n) is 14.7. The van der Waals surface area contributed by atoms with E-state index in [1.54, 1.807) is 29.2 Å². The van der Waals surface area contributed by atoms with Gasteiger partial charge in [-0.2, -0.15) is 0 Å². The number of H-pyrrole nitrogens is 1. The third kappa shape index (κ3) is 3.90. The summed E-state index contributed by atoms with van der Waals surface area (Å²) < 4.78 is 13.0. The summed E-state index contributed by atoms with van der Waals surface area (Å²) in [6, 6.07) is 15.2. The quantitative estimate of drug-likeness (QED) is 0.730. The maximum atomic E-state index is 13.0. The van der Waals surface area contributed by atoms with E-state index in [4.69, 9.17) is 0 Å². The number of hydrogen-bond donors (Lipinski definition) is 2. The van der Waals surface area contributed by atoms with Crippen LogP contribution in [-0.2, 0) is 17.9 Å². The highest BCUT2D eigenvalue weighted by Gasteiger charge is 2.29. The summed E-state index contributed by atoms with van der Waals surface area (Å²) >= 11 is 0. The average Bonchev–Trinajstić information content (AvgIpc) is 3.01. The lowest BCUT2D eigenvalue weighted by Crippen LogP contribution is -2.32. The van der Waals surface area contributed by atoms with Gasteiger partial charge in [-0.05, 0) is 29.8 Å². The number of nitrogens with one attached hydrogen (secondary N) is 2.